The number of carbonyl (C=O) groups excluding carboxylic acids is 2. The highest BCUT2D eigenvalue weighted by Gasteiger charge is 2.37. The van der Waals surface area contributed by atoms with E-state index in [9.17, 15) is 9.59 Å². The molecular formula is C15H18N2O2. The highest BCUT2D eigenvalue weighted by Crippen LogP contribution is 2.36. The lowest BCUT2D eigenvalue weighted by atomic mass is 9.83. The van der Waals surface area contributed by atoms with E-state index in [4.69, 9.17) is 5.73 Å². The first-order valence-electron chi connectivity index (χ1n) is 6.85. The van der Waals surface area contributed by atoms with Crippen LogP contribution in [0.15, 0.2) is 24.3 Å². The van der Waals surface area contributed by atoms with Crippen molar-refractivity contribution in [2.24, 2.45) is 5.73 Å². The van der Waals surface area contributed by atoms with Crippen molar-refractivity contribution in [1.82, 2.24) is 0 Å². The Morgan fingerprint density at radius 1 is 1.21 bits per heavy atom. The maximum Gasteiger partial charge on any atom is 0.248 e. The molecule has 3 rings (SSSR count). The van der Waals surface area contributed by atoms with Crippen LogP contribution in [0.4, 0.5) is 5.69 Å². The van der Waals surface area contributed by atoms with Gasteiger partial charge in [-0.05, 0) is 37.5 Å². The first kappa shape index (κ1) is 12.2. The zero-order valence-corrected chi connectivity index (χ0v) is 10.8. The number of hydrogen-bond acceptors (Lipinski definition) is 3. The number of rotatable bonds is 2. The van der Waals surface area contributed by atoms with Crippen LogP contribution in [0.25, 0.3) is 0 Å². The predicted octanol–water partition coefficient (Wildman–Crippen LogP) is 1.88. The molecule has 100 valence electrons. The van der Waals surface area contributed by atoms with Crippen LogP contribution in [-0.2, 0) is 4.79 Å². The molecule has 2 aliphatic rings. The minimum Gasteiger partial charge on any atom is -0.366 e. The van der Waals surface area contributed by atoms with Crippen molar-refractivity contribution in [3.63, 3.8) is 0 Å². The number of carbonyl (C=O) groups is 2. The van der Waals surface area contributed by atoms with Gasteiger partial charge in [0.1, 0.15) is 5.78 Å². The Morgan fingerprint density at radius 3 is 2.53 bits per heavy atom. The minimum atomic E-state index is -0.403. The molecule has 2 N–H and O–H groups in total. The van der Waals surface area contributed by atoms with E-state index in [1.54, 1.807) is 6.07 Å². The summed E-state index contributed by atoms with van der Waals surface area (Å²) in [4.78, 5) is 25.3. The molecule has 1 aromatic rings. The first-order valence-corrected chi connectivity index (χ1v) is 6.85. The second-order valence-corrected chi connectivity index (χ2v) is 5.51. The third-order valence-electron chi connectivity index (χ3n) is 4.22. The maximum atomic E-state index is 11.7. The number of piperidine rings is 2. The Balaban J connectivity index is 1.94. The van der Waals surface area contributed by atoms with Crippen LogP contribution in [0.3, 0.4) is 0 Å². The molecule has 0 radical (unpaired) electrons. The number of anilines is 1. The highest BCUT2D eigenvalue weighted by atomic mass is 16.1. The van der Waals surface area contributed by atoms with Gasteiger partial charge in [-0.1, -0.05) is 6.07 Å². The topological polar surface area (TPSA) is 63.4 Å². The normalized spacial score (nSPS) is 26.3. The van der Waals surface area contributed by atoms with Gasteiger partial charge >= 0.3 is 0 Å². The van der Waals surface area contributed by atoms with E-state index in [1.165, 1.54) is 6.42 Å². The zero-order valence-electron chi connectivity index (χ0n) is 10.8. The van der Waals surface area contributed by atoms with Gasteiger partial charge < -0.3 is 10.6 Å². The van der Waals surface area contributed by atoms with Crippen LogP contribution in [0.1, 0.15) is 42.5 Å². The van der Waals surface area contributed by atoms with Crippen molar-refractivity contribution >= 4 is 17.4 Å². The third-order valence-corrected chi connectivity index (χ3v) is 4.22. The Kier molecular flexibility index (Phi) is 3.01. The largest absolute Gasteiger partial charge is 0.366 e. The van der Waals surface area contributed by atoms with Gasteiger partial charge in [0, 0.05) is 36.2 Å². The number of ketones is 1. The monoisotopic (exact) mass is 258 g/mol. The summed E-state index contributed by atoms with van der Waals surface area (Å²) in [5.41, 5.74) is 6.90. The maximum absolute atomic E-state index is 11.7. The summed E-state index contributed by atoms with van der Waals surface area (Å²) in [6.07, 6.45) is 4.58. The van der Waals surface area contributed by atoms with E-state index in [0.717, 1.165) is 18.5 Å². The number of benzene rings is 1. The van der Waals surface area contributed by atoms with Crippen molar-refractivity contribution in [1.29, 1.82) is 0 Å². The summed E-state index contributed by atoms with van der Waals surface area (Å²) >= 11 is 0. The van der Waals surface area contributed by atoms with Gasteiger partial charge in [0.05, 0.1) is 0 Å². The molecule has 2 fully saturated rings. The van der Waals surface area contributed by atoms with Gasteiger partial charge in [0.2, 0.25) is 5.91 Å². The van der Waals surface area contributed by atoms with E-state index >= 15 is 0 Å². The third kappa shape index (κ3) is 2.23. The first-order chi connectivity index (χ1) is 9.15. The molecule has 0 aliphatic carbocycles. The molecule has 2 aliphatic heterocycles. The molecule has 2 saturated heterocycles. The van der Waals surface area contributed by atoms with E-state index in [0.29, 0.717) is 36.3 Å². The molecule has 0 saturated carbocycles. The molecule has 4 nitrogen and oxygen atoms in total. The van der Waals surface area contributed by atoms with E-state index in [1.807, 2.05) is 18.2 Å². The van der Waals surface area contributed by atoms with Gasteiger partial charge in [-0.3, -0.25) is 9.59 Å². The van der Waals surface area contributed by atoms with Gasteiger partial charge in [-0.25, -0.2) is 0 Å². The molecule has 2 unspecified atom stereocenters. The lowest BCUT2D eigenvalue weighted by Gasteiger charge is -2.47. The fraction of sp³-hybridized carbons (Fsp3) is 0.467. The summed E-state index contributed by atoms with van der Waals surface area (Å²) in [6, 6.07) is 8.04. The summed E-state index contributed by atoms with van der Waals surface area (Å²) in [5.74, 6) is -0.0305. The SMILES string of the molecule is NC(=O)c1cccc(N2C3CCCC2CC(=O)C3)c1. The molecule has 4 heteroatoms. The highest BCUT2D eigenvalue weighted by molar-refractivity contribution is 5.94. The van der Waals surface area contributed by atoms with Crippen LogP contribution in [-0.4, -0.2) is 23.8 Å². The molecule has 1 amide bonds. The van der Waals surface area contributed by atoms with Crippen molar-refractivity contribution in [3.8, 4) is 0 Å². The summed E-state index contributed by atoms with van der Waals surface area (Å²) in [6.45, 7) is 0. The van der Waals surface area contributed by atoms with Crippen LogP contribution >= 0.6 is 0 Å². The smallest absolute Gasteiger partial charge is 0.248 e. The lowest BCUT2D eigenvalue weighted by molar-refractivity contribution is -0.121. The fourth-order valence-electron chi connectivity index (χ4n) is 3.42. The number of amides is 1. The number of hydrogen-bond donors (Lipinski definition) is 1. The standard InChI is InChI=1S/C15H18N2O2/c16-15(19)10-3-1-4-11(7-10)17-12-5-2-6-13(17)9-14(18)8-12/h1,3-4,7,12-13H,2,5-6,8-9H2,(H2,16,19). The average molecular weight is 258 g/mol. The number of primary amides is 1. The van der Waals surface area contributed by atoms with Gasteiger partial charge in [0.25, 0.3) is 0 Å². The number of nitrogens with zero attached hydrogens (tertiary/aromatic N) is 1. The van der Waals surface area contributed by atoms with Crippen LogP contribution in [0.5, 0.6) is 0 Å². The van der Waals surface area contributed by atoms with Crippen LogP contribution in [0.2, 0.25) is 0 Å². The van der Waals surface area contributed by atoms with E-state index in [2.05, 4.69) is 4.90 Å². The summed E-state index contributed by atoms with van der Waals surface area (Å²) < 4.78 is 0. The minimum absolute atomic E-state index is 0.295. The molecule has 2 heterocycles. The van der Waals surface area contributed by atoms with Crippen molar-refractivity contribution < 1.29 is 9.59 Å². The molecule has 0 spiro atoms. The second kappa shape index (κ2) is 4.68. The van der Waals surface area contributed by atoms with Gasteiger partial charge in [-0.15, -0.1) is 0 Å². The van der Waals surface area contributed by atoms with Crippen molar-refractivity contribution in [3.05, 3.63) is 29.8 Å². The van der Waals surface area contributed by atoms with Crippen LogP contribution < -0.4 is 10.6 Å². The molecular weight excluding hydrogens is 240 g/mol. The summed E-state index contributed by atoms with van der Waals surface area (Å²) in [7, 11) is 0. The number of Topliss-reactive ketones (excluding diaryl/α,β-unsaturated/α-hetero) is 1. The zero-order chi connectivity index (χ0) is 13.4. The second-order valence-electron chi connectivity index (χ2n) is 5.51. The van der Waals surface area contributed by atoms with E-state index in [-0.39, 0.29) is 0 Å². The Labute approximate surface area is 112 Å². The molecule has 2 atom stereocenters. The Hall–Kier alpha value is -1.84. The van der Waals surface area contributed by atoms with Crippen LogP contribution in [0, 0.1) is 0 Å². The van der Waals surface area contributed by atoms with Crippen molar-refractivity contribution in [2.45, 2.75) is 44.2 Å². The Morgan fingerprint density at radius 2 is 1.89 bits per heavy atom. The number of fused-ring (bicyclic) bond motifs is 2. The predicted molar refractivity (Wildman–Crippen MR) is 73.1 cm³/mol. The molecule has 1 aromatic carbocycles. The summed E-state index contributed by atoms with van der Waals surface area (Å²) in [5, 5.41) is 0. The lowest BCUT2D eigenvalue weighted by Crippen LogP contribution is -2.52. The molecule has 2 bridgehead atoms. The molecule has 0 aromatic heterocycles. The fourth-order valence-corrected chi connectivity index (χ4v) is 3.42. The van der Waals surface area contributed by atoms with Crippen molar-refractivity contribution in [2.75, 3.05) is 4.90 Å². The molecule has 19 heavy (non-hydrogen) atoms. The van der Waals surface area contributed by atoms with Gasteiger partial charge in [0.15, 0.2) is 0 Å². The quantitative estimate of drug-likeness (QED) is 0.881. The average Bonchev–Trinajstić information content (AvgIpc) is 2.37. The van der Waals surface area contributed by atoms with E-state index < -0.39 is 5.91 Å². The van der Waals surface area contributed by atoms with Gasteiger partial charge in [-0.2, -0.15) is 0 Å². The number of nitrogens with two attached hydrogens (primary N) is 1. The Bertz CT molecular complexity index is 511.